The Morgan fingerprint density at radius 1 is 1.31 bits per heavy atom. The van der Waals surface area contributed by atoms with Crippen molar-refractivity contribution in [3.63, 3.8) is 0 Å². The lowest BCUT2D eigenvalue weighted by atomic mass is 10.2. The first-order valence-electron chi connectivity index (χ1n) is 8.55. The van der Waals surface area contributed by atoms with Crippen molar-refractivity contribution >= 4 is 29.2 Å². The van der Waals surface area contributed by atoms with Gasteiger partial charge in [-0.15, -0.1) is 0 Å². The number of anilines is 1. The number of hydrogen-bond acceptors (Lipinski definition) is 3. The summed E-state index contributed by atoms with van der Waals surface area (Å²) < 4.78 is 1.79. The first-order chi connectivity index (χ1) is 12.5. The van der Waals surface area contributed by atoms with Gasteiger partial charge in [-0.25, -0.2) is 4.99 Å². The molecule has 3 N–H and O–H groups in total. The fraction of sp³-hybridized carbons (Fsp3) is 0.389. The lowest BCUT2D eigenvalue weighted by Crippen LogP contribution is -2.38. The van der Waals surface area contributed by atoms with Crippen LogP contribution in [0.2, 0.25) is 5.02 Å². The van der Waals surface area contributed by atoms with Crippen LogP contribution in [0.3, 0.4) is 0 Å². The Morgan fingerprint density at radius 2 is 2.12 bits per heavy atom. The third-order valence-corrected chi connectivity index (χ3v) is 4.26. The van der Waals surface area contributed by atoms with Crippen molar-refractivity contribution in [2.24, 2.45) is 12.0 Å². The number of amides is 1. The summed E-state index contributed by atoms with van der Waals surface area (Å²) in [7, 11) is 1.88. The highest BCUT2D eigenvalue weighted by Gasteiger charge is 2.07. The molecule has 0 aliphatic rings. The summed E-state index contributed by atoms with van der Waals surface area (Å²) in [5, 5.41) is 14.0. The molecule has 0 aliphatic heterocycles. The molecule has 1 aromatic heterocycles. The Morgan fingerprint density at radius 3 is 2.81 bits per heavy atom. The molecule has 0 unspecified atom stereocenters. The number of rotatable bonds is 7. The zero-order chi connectivity index (χ0) is 18.9. The van der Waals surface area contributed by atoms with Gasteiger partial charge in [0.2, 0.25) is 5.91 Å². The number of aromatic nitrogens is 2. The van der Waals surface area contributed by atoms with Gasteiger partial charge in [0.05, 0.1) is 12.2 Å². The number of benzene rings is 1. The van der Waals surface area contributed by atoms with Gasteiger partial charge in [-0.1, -0.05) is 17.7 Å². The fourth-order valence-electron chi connectivity index (χ4n) is 2.31. The van der Waals surface area contributed by atoms with E-state index in [1.807, 2.05) is 39.1 Å². The molecule has 0 atom stereocenters. The number of guanidine groups is 1. The van der Waals surface area contributed by atoms with Crippen molar-refractivity contribution in [1.82, 2.24) is 20.4 Å². The van der Waals surface area contributed by atoms with Crippen LogP contribution in [-0.4, -0.2) is 34.7 Å². The molecule has 7 nitrogen and oxygen atoms in total. The van der Waals surface area contributed by atoms with Crippen LogP contribution in [0, 0.1) is 6.92 Å². The summed E-state index contributed by atoms with van der Waals surface area (Å²) in [6.07, 6.45) is 2.06. The van der Waals surface area contributed by atoms with Gasteiger partial charge < -0.3 is 16.0 Å². The Balaban J connectivity index is 1.84. The van der Waals surface area contributed by atoms with Crippen LogP contribution in [0.5, 0.6) is 0 Å². The topological polar surface area (TPSA) is 83.3 Å². The standard InChI is InChI=1S/C18H25ClN6O/c1-4-20-18(22-12-14-8-11-23-25(14)3)21-10-9-17(26)24-16-7-5-6-15(19)13(16)2/h5-8,11H,4,9-10,12H2,1-3H3,(H,24,26)(H2,20,21,22). The minimum Gasteiger partial charge on any atom is -0.357 e. The highest BCUT2D eigenvalue weighted by molar-refractivity contribution is 6.31. The van der Waals surface area contributed by atoms with Gasteiger partial charge in [0.15, 0.2) is 5.96 Å². The molecule has 1 aromatic carbocycles. The van der Waals surface area contributed by atoms with Gasteiger partial charge in [0.25, 0.3) is 0 Å². The number of carbonyl (C=O) groups excluding carboxylic acids is 1. The quantitative estimate of drug-likeness (QED) is 0.512. The average molecular weight is 377 g/mol. The molecule has 1 heterocycles. The molecule has 0 spiro atoms. The Labute approximate surface area is 158 Å². The number of nitrogens with zero attached hydrogens (tertiary/aromatic N) is 3. The molecule has 1 amide bonds. The van der Waals surface area contributed by atoms with E-state index in [0.29, 0.717) is 30.5 Å². The third-order valence-electron chi connectivity index (χ3n) is 3.85. The largest absolute Gasteiger partial charge is 0.357 e. The van der Waals surface area contributed by atoms with Gasteiger partial charge in [-0.2, -0.15) is 5.10 Å². The smallest absolute Gasteiger partial charge is 0.226 e. The van der Waals surface area contributed by atoms with E-state index in [1.54, 1.807) is 16.9 Å². The molecule has 0 aliphatic carbocycles. The number of nitrogens with one attached hydrogen (secondary N) is 3. The zero-order valence-corrected chi connectivity index (χ0v) is 16.1. The van der Waals surface area contributed by atoms with Gasteiger partial charge in [0.1, 0.15) is 0 Å². The molecule has 26 heavy (non-hydrogen) atoms. The van der Waals surface area contributed by atoms with E-state index in [0.717, 1.165) is 23.5 Å². The summed E-state index contributed by atoms with van der Waals surface area (Å²) >= 11 is 6.07. The fourth-order valence-corrected chi connectivity index (χ4v) is 2.48. The van der Waals surface area contributed by atoms with E-state index < -0.39 is 0 Å². The number of aryl methyl sites for hydroxylation is 1. The van der Waals surface area contributed by atoms with Gasteiger partial charge in [-0.05, 0) is 37.6 Å². The Hall–Kier alpha value is -2.54. The van der Waals surface area contributed by atoms with Crippen LogP contribution < -0.4 is 16.0 Å². The van der Waals surface area contributed by atoms with Crippen LogP contribution in [0.4, 0.5) is 5.69 Å². The van der Waals surface area contributed by atoms with Crippen molar-refractivity contribution in [3.05, 3.63) is 46.7 Å². The van der Waals surface area contributed by atoms with Gasteiger partial charge in [-0.3, -0.25) is 9.48 Å². The van der Waals surface area contributed by atoms with E-state index in [4.69, 9.17) is 11.6 Å². The third kappa shape index (κ3) is 5.77. The SMILES string of the molecule is CCNC(=NCc1ccnn1C)NCCC(=O)Nc1cccc(Cl)c1C. The van der Waals surface area contributed by atoms with Crippen molar-refractivity contribution in [3.8, 4) is 0 Å². The molecular formula is C18H25ClN6O. The highest BCUT2D eigenvalue weighted by Crippen LogP contribution is 2.22. The highest BCUT2D eigenvalue weighted by atomic mass is 35.5. The van der Waals surface area contributed by atoms with E-state index in [2.05, 4.69) is 26.0 Å². The van der Waals surface area contributed by atoms with Crippen LogP contribution in [0.1, 0.15) is 24.6 Å². The van der Waals surface area contributed by atoms with E-state index >= 15 is 0 Å². The van der Waals surface area contributed by atoms with Crippen LogP contribution in [0.15, 0.2) is 35.5 Å². The van der Waals surface area contributed by atoms with Crippen LogP contribution in [0.25, 0.3) is 0 Å². The molecular weight excluding hydrogens is 352 g/mol. The summed E-state index contributed by atoms with van der Waals surface area (Å²) in [6, 6.07) is 7.38. The second-order valence-corrected chi connectivity index (χ2v) is 6.19. The zero-order valence-electron chi connectivity index (χ0n) is 15.3. The Kier molecular flexibility index (Phi) is 7.47. The average Bonchev–Trinajstić information content (AvgIpc) is 3.02. The Bertz CT molecular complexity index is 771. The summed E-state index contributed by atoms with van der Waals surface area (Å²) in [5.41, 5.74) is 2.61. The van der Waals surface area contributed by atoms with Crippen LogP contribution in [-0.2, 0) is 18.4 Å². The molecule has 0 fully saturated rings. The molecule has 0 radical (unpaired) electrons. The monoisotopic (exact) mass is 376 g/mol. The molecule has 140 valence electrons. The van der Waals surface area contributed by atoms with E-state index in [1.165, 1.54) is 0 Å². The molecule has 2 aromatic rings. The summed E-state index contributed by atoms with van der Waals surface area (Å²) in [6.45, 7) is 5.61. The summed E-state index contributed by atoms with van der Waals surface area (Å²) in [5.74, 6) is 0.589. The van der Waals surface area contributed by atoms with Crippen molar-refractivity contribution in [2.45, 2.75) is 26.8 Å². The number of hydrogen-bond donors (Lipinski definition) is 3. The first kappa shape index (κ1) is 19.8. The number of halogens is 1. The number of carbonyl (C=O) groups is 1. The second-order valence-electron chi connectivity index (χ2n) is 5.78. The van der Waals surface area contributed by atoms with E-state index in [9.17, 15) is 4.79 Å². The molecule has 2 rings (SSSR count). The van der Waals surface area contributed by atoms with Crippen molar-refractivity contribution in [1.29, 1.82) is 0 Å². The predicted octanol–water partition coefficient (Wildman–Crippen LogP) is 2.47. The maximum Gasteiger partial charge on any atom is 0.226 e. The lowest BCUT2D eigenvalue weighted by Gasteiger charge is -2.12. The molecule has 0 saturated heterocycles. The lowest BCUT2D eigenvalue weighted by molar-refractivity contribution is -0.116. The van der Waals surface area contributed by atoms with Crippen molar-refractivity contribution in [2.75, 3.05) is 18.4 Å². The predicted molar refractivity (Wildman–Crippen MR) is 105 cm³/mol. The second kappa shape index (κ2) is 9.82. The van der Waals surface area contributed by atoms with Gasteiger partial charge in [0, 0.05) is 43.5 Å². The maximum absolute atomic E-state index is 12.1. The van der Waals surface area contributed by atoms with E-state index in [-0.39, 0.29) is 5.91 Å². The summed E-state index contributed by atoms with van der Waals surface area (Å²) in [4.78, 5) is 16.6. The molecule has 8 heteroatoms. The molecule has 0 saturated carbocycles. The minimum atomic E-state index is -0.0784. The minimum absolute atomic E-state index is 0.0784. The van der Waals surface area contributed by atoms with Crippen LogP contribution >= 0.6 is 11.6 Å². The first-order valence-corrected chi connectivity index (χ1v) is 8.93. The van der Waals surface area contributed by atoms with Crippen molar-refractivity contribution < 1.29 is 4.79 Å². The molecule has 0 bridgehead atoms. The maximum atomic E-state index is 12.1. The van der Waals surface area contributed by atoms with Gasteiger partial charge >= 0.3 is 0 Å². The normalized spacial score (nSPS) is 11.3. The number of aliphatic imine (C=N–C) groups is 1.